The van der Waals surface area contributed by atoms with Crippen LogP contribution in [0.5, 0.6) is 0 Å². The van der Waals surface area contributed by atoms with Gasteiger partial charge in [-0.1, -0.05) is 15.9 Å². The number of amides is 1. The standard InChI is InChI=1S/C12H13BrFNO3/c13-9-1-2-10(14)8(3-9)4-15-11(17)12(5-16)6-18-7-12/h1-3,16H,4-7H2,(H,15,17). The number of halogens is 2. The Balaban J connectivity index is 1.99. The van der Waals surface area contributed by atoms with E-state index in [1.54, 1.807) is 12.1 Å². The van der Waals surface area contributed by atoms with E-state index in [4.69, 9.17) is 4.74 Å². The Labute approximate surface area is 112 Å². The van der Waals surface area contributed by atoms with Crippen LogP contribution in [0.4, 0.5) is 4.39 Å². The maximum absolute atomic E-state index is 13.4. The molecule has 1 aromatic rings. The zero-order chi connectivity index (χ0) is 13.2. The lowest BCUT2D eigenvalue weighted by Gasteiger charge is -2.38. The lowest BCUT2D eigenvalue weighted by molar-refractivity contribution is -0.170. The van der Waals surface area contributed by atoms with Gasteiger partial charge in [0.05, 0.1) is 19.8 Å². The van der Waals surface area contributed by atoms with E-state index in [0.29, 0.717) is 5.56 Å². The molecule has 0 aliphatic carbocycles. The van der Waals surface area contributed by atoms with Gasteiger partial charge in [-0.15, -0.1) is 0 Å². The van der Waals surface area contributed by atoms with Crippen LogP contribution in [0.3, 0.4) is 0 Å². The Kier molecular flexibility index (Phi) is 3.99. The first kappa shape index (κ1) is 13.5. The summed E-state index contributed by atoms with van der Waals surface area (Å²) in [5.41, 5.74) is -0.464. The first-order chi connectivity index (χ1) is 8.57. The van der Waals surface area contributed by atoms with Crippen LogP contribution in [0.1, 0.15) is 5.56 Å². The smallest absolute Gasteiger partial charge is 0.233 e. The van der Waals surface area contributed by atoms with Crippen molar-refractivity contribution < 1.29 is 19.0 Å². The summed E-state index contributed by atoms with van der Waals surface area (Å²) in [5, 5.41) is 11.8. The van der Waals surface area contributed by atoms with E-state index >= 15 is 0 Å². The molecule has 6 heteroatoms. The SMILES string of the molecule is O=C(NCc1cc(Br)ccc1F)C1(CO)COC1. The highest BCUT2D eigenvalue weighted by molar-refractivity contribution is 9.10. The van der Waals surface area contributed by atoms with Crippen molar-refractivity contribution in [2.45, 2.75) is 6.54 Å². The van der Waals surface area contributed by atoms with Gasteiger partial charge in [-0.05, 0) is 18.2 Å². The summed E-state index contributed by atoms with van der Waals surface area (Å²) in [6, 6.07) is 4.54. The lowest BCUT2D eigenvalue weighted by Crippen LogP contribution is -2.56. The molecule has 2 N–H and O–H groups in total. The van der Waals surface area contributed by atoms with E-state index in [9.17, 15) is 14.3 Å². The molecule has 0 bridgehead atoms. The highest BCUT2D eigenvalue weighted by atomic mass is 79.9. The molecule has 1 aromatic carbocycles. The van der Waals surface area contributed by atoms with E-state index in [1.807, 2.05) is 0 Å². The van der Waals surface area contributed by atoms with Crippen molar-refractivity contribution in [3.8, 4) is 0 Å². The number of carbonyl (C=O) groups excluding carboxylic acids is 1. The minimum Gasteiger partial charge on any atom is -0.395 e. The summed E-state index contributed by atoms with van der Waals surface area (Å²) in [5.74, 6) is -0.683. The van der Waals surface area contributed by atoms with E-state index in [0.717, 1.165) is 4.47 Å². The second-order valence-electron chi connectivity index (χ2n) is 4.35. The summed E-state index contributed by atoms with van der Waals surface area (Å²) in [4.78, 5) is 11.9. The van der Waals surface area contributed by atoms with E-state index in [-0.39, 0.29) is 38.1 Å². The maximum atomic E-state index is 13.4. The molecule has 0 atom stereocenters. The predicted octanol–water partition coefficient (Wildman–Crippen LogP) is 1.21. The zero-order valence-corrected chi connectivity index (χ0v) is 11.2. The fourth-order valence-electron chi connectivity index (χ4n) is 1.68. The topological polar surface area (TPSA) is 58.6 Å². The number of rotatable bonds is 4. The number of benzene rings is 1. The van der Waals surface area contributed by atoms with Crippen LogP contribution in [0.25, 0.3) is 0 Å². The molecule has 0 spiro atoms. The quantitative estimate of drug-likeness (QED) is 0.877. The minimum absolute atomic E-state index is 0.0891. The van der Waals surface area contributed by atoms with Crippen LogP contribution in [-0.4, -0.2) is 30.8 Å². The largest absolute Gasteiger partial charge is 0.395 e. The molecular formula is C12H13BrFNO3. The molecule has 1 aliphatic rings. The molecule has 4 nitrogen and oxygen atoms in total. The van der Waals surface area contributed by atoms with Crippen LogP contribution in [-0.2, 0) is 16.1 Å². The first-order valence-electron chi connectivity index (χ1n) is 5.48. The second-order valence-corrected chi connectivity index (χ2v) is 5.27. The van der Waals surface area contributed by atoms with Crippen LogP contribution >= 0.6 is 15.9 Å². The Hall–Kier alpha value is -0.980. The van der Waals surface area contributed by atoms with Gasteiger partial charge in [0.15, 0.2) is 0 Å². The van der Waals surface area contributed by atoms with Crippen LogP contribution in [0.15, 0.2) is 22.7 Å². The van der Waals surface area contributed by atoms with Crippen molar-refractivity contribution >= 4 is 21.8 Å². The Morgan fingerprint density at radius 1 is 1.56 bits per heavy atom. The zero-order valence-electron chi connectivity index (χ0n) is 9.58. The lowest BCUT2D eigenvalue weighted by atomic mass is 9.86. The van der Waals surface area contributed by atoms with Crippen LogP contribution < -0.4 is 5.32 Å². The third-order valence-corrected chi connectivity index (χ3v) is 3.48. The maximum Gasteiger partial charge on any atom is 0.233 e. The van der Waals surface area contributed by atoms with Gasteiger partial charge in [-0.2, -0.15) is 0 Å². The van der Waals surface area contributed by atoms with Crippen molar-refractivity contribution in [3.63, 3.8) is 0 Å². The number of aliphatic hydroxyl groups excluding tert-OH is 1. The van der Waals surface area contributed by atoms with Crippen LogP contribution in [0.2, 0.25) is 0 Å². The van der Waals surface area contributed by atoms with Crippen molar-refractivity contribution in [2.75, 3.05) is 19.8 Å². The predicted molar refractivity (Wildman–Crippen MR) is 66.3 cm³/mol. The molecular weight excluding hydrogens is 305 g/mol. The molecule has 1 aliphatic heterocycles. The molecule has 1 saturated heterocycles. The molecule has 2 rings (SSSR count). The fourth-order valence-corrected chi connectivity index (χ4v) is 2.09. The van der Waals surface area contributed by atoms with Crippen molar-refractivity contribution in [1.29, 1.82) is 0 Å². The second kappa shape index (κ2) is 5.34. The Morgan fingerprint density at radius 3 is 2.83 bits per heavy atom. The summed E-state index contributed by atoms with van der Waals surface area (Å²) in [6.07, 6.45) is 0. The summed E-state index contributed by atoms with van der Waals surface area (Å²) in [6.45, 7) is 0.234. The number of aliphatic hydroxyl groups is 1. The molecule has 18 heavy (non-hydrogen) atoms. The summed E-state index contributed by atoms with van der Waals surface area (Å²) in [7, 11) is 0. The first-order valence-corrected chi connectivity index (χ1v) is 6.27. The molecule has 0 saturated carbocycles. The van der Waals surface area contributed by atoms with Gasteiger partial charge < -0.3 is 15.2 Å². The Bertz CT molecular complexity index is 457. The minimum atomic E-state index is -0.859. The average Bonchev–Trinajstić information content (AvgIpc) is 2.29. The molecule has 1 fully saturated rings. The highest BCUT2D eigenvalue weighted by Crippen LogP contribution is 2.27. The number of nitrogens with one attached hydrogen (secondary N) is 1. The van der Waals surface area contributed by atoms with Gasteiger partial charge in [0.25, 0.3) is 0 Å². The normalized spacial score (nSPS) is 17.1. The molecule has 1 amide bonds. The van der Waals surface area contributed by atoms with Gasteiger partial charge >= 0.3 is 0 Å². The van der Waals surface area contributed by atoms with E-state index < -0.39 is 5.41 Å². The third kappa shape index (κ3) is 2.55. The Morgan fingerprint density at radius 2 is 2.28 bits per heavy atom. The van der Waals surface area contributed by atoms with Crippen molar-refractivity contribution in [1.82, 2.24) is 5.32 Å². The van der Waals surface area contributed by atoms with E-state index in [2.05, 4.69) is 21.2 Å². The van der Waals surface area contributed by atoms with Crippen molar-refractivity contribution in [3.05, 3.63) is 34.1 Å². The van der Waals surface area contributed by atoms with Gasteiger partial charge in [-0.3, -0.25) is 4.79 Å². The number of ether oxygens (including phenoxy) is 1. The third-order valence-electron chi connectivity index (χ3n) is 2.99. The molecule has 1 heterocycles. The molecule has 0 unspecified atom stereocenters. The number of hydrogen-bond acceptors (Lipinski definition) is 3. The van der Waals surface area contributed by atoms with Gasteiger partial charge in [0.1, 0.15) is 11.2 Å². The monoisotopic (exact) mass is 317 g/mol. The summed E-state index contributed by atoms with van der Waals surface area (Å²) >= 11 is 3.24. The number of carbonyl (C=O) groups is 1. The van der Waals surface area contributed by atoms with Crippen LogP contribution in [0, 0.1) is 11.2 Å². The van der Waals surface area contributed by atoms with Gasteiger partial charge in [0, 0.05) is 16.6 Å². The highest BCUT2D eigenvalue weighted by Gasteiger charge is 2.45. The number of hydrogen-bond donors (Lipinski definition) is 2. The molecule has 98 valence electrons. The average molecular weight is 318 g/mol. The molecule has 0 aromatic heterocycles. The van der Waals surface area contributed by atoms with Gasteiger partial charge in [0.2, 0.25) is 5.91 Å². The van der Waals surface area contributed by atoms with E-state index in [1.165, 1.54) is 6.07 Å². The van der Waals surface area contributed by atoms with Crippen molar-refractivity contribution in [2.24, 2.45) is 5.41 Å². The van der Waals surface area contributed by atoms with Gasteiger partial charge in [-0.25, -0.2) is 4.39 Å². The fraction of sp³-hybridized carbons (Fsp3) is 0.417. The molecule has 0 radical (unpaired) electrons. The summed E-state index contributed by atoms with van der Waals surface area (Å²) < 4.78 is 19.1.